The molecule has 2 N–H and O–H groups in total. The second-order valence-electron chi connectivity index (χ2n) is 7.31. The number of carbonyl (C=O) groups is 2. The third-order valence-electron chi connectivity index (χ3n) is 5.64. The van der Waals surface area contributed by atoms with Crippen LogP contribution < -0.4 is 5.32 Å². The number of hydrogen-bond donors (Lipinski definition) is 2. The van der Waals surface area contributed by atoms with Crippen molar-refractivity contribution in [3.63, 3.8) is 0 Å². The molecule has 22 heavy (non-hydrogen) atoms. The number of aliphatic hydroxyl groups excluding tert-OH is 1. The number of nitrogens with zero attached hydrogens (tertiary/aromatic N) is 1. The molecule has 0 radical (unpaired) electrons. The lowest BCUT2D eigenvalue weighted by Crippen LogP contribution is -2.38. The largest absolute Gasteiger partial charge is 0.393 e. The number of amides is 2. The lowest BCUT2D eigenvalue weighted by molar-refractivity contribution is -0.130. The van der Waals surface area contributed by atoms with Gasteiger partial charge in [-0.1, -0.05) is 12.8 Å². The minimum absolute atomic E-state index is 0.0476. The predicted octanol–water partition coefficient (Wildman–Crippen LogP) is 1.44. The highest BCUT2D eigenvalue weighted by atomic mass is 16.3. The van der Waals surface area contributed by atoms with Crippen LogP contribution in [0, 0.1) is 11.8 Å². The average Bonchev–Trinajstić information content (AvgIpc) is 3.14. The van der Waals surface area contributed by atoms with Crippen molar-refractivity contribution >= 4 is 11.8 Å². The van der Waals surface area contributed by atoms with Crippen LogP contribution in [0.4, 0.5) is 0 Å². The Morgan fingerprint density at radius 2 is 1.82 bits per heavy atom. The summed E-state index contributed by atoms with van der Waals surface area (Å²) in [6, 6.07) is 0.452. The van der Waals surface area contributed by atoms with E-state index in [4.69, 9.17) is 0 Å². The molecule has 1 saturated heterocycles. The highest BCUT2D eigenvalue weighted by Gasteiger charge is 2.35. The second kappa shape index (κ2) is 6.99. The van der Waals surface area contributed by atoms with E-state index < -0.39 is 0 Å². The van der Waals surface area contributed by atoms with Gasteiger partial charge in [-0.25, -0.2) is 0 Å². The van der Waals surface area contributed by atoms with Gasteiger partial charge in [-0.05, 0) is 38.5 Å². The minimum atomic E-state index is -0.225. The minimum Gasteiger partial charge on any atom is -0.393 e. The summed E-state index contributed by atoms with van der Waals surface area (Å²) in [5.41, 5.74) is 0. The molecule has 1 heterocycles. The lowest BCUT2D eigenvalue weighted by atomic mass is 9.87. The molecule has 5 heteroatoms. The first-order valence-electron chi connectivity index (χ1n) is 8.88. The van der Waals surface area contributed by atoms with E-state index in [0.717, 1.165) is 45.1 Å². The SMILES string of the molecule is O=C(NC[C@H]1CC(=O)N(C2CCCC2)C1)C1CCC(O)CC1. The van der Waals surface area contributed by atoms with Gasteiger partial charge in [0.05, 0.1) is 6.10 Å². The lowest BCUT2D eigenvalue weighted by Gasteiger charge is -2.25. The second-order valence-corrected chi connectivity index (χ2v) is 7.31. The molecule has 2 amide bonds. The summed E-state index contributed by atoms with van der Waals surface area (Å²) in [6.07, 6.45) is 8.16. The Morgan fingerprint density at radius 1 is 1.14 bits per heavy atom. The topological polar surface area (TPSA) is 69.6 Å². The molecule has 1 aliphatic heterocycles. The van der Waals surface area contributed by atoms with Gasteiger partial charge in [0.25, 0.3) is 0 Å². The molecule has 3 rings (SSSR count). The summed E-state index contributed by atoms with van der Waals surface area (Å²) < 4.78 is 0. The van der Waals surface area contributed by atoms with Crippen molar-refractivity contribution in [1.29, 1.82) is 0 Å². The van der Waals surface area contributed by atoms with Crippen LogP contribution in [0.15, 0.2) is 0 Å². The van der Waals surface area contributed by atoms with Crippen molar-refractivity contribution in [3.8, 4) is 0 Å². The molecule has 5 nitrogen and oxygen atoms in total. The molecule has 3 fully saturated rings. The highest BCUT2D eigenvalue weighted by molar-refractivity contribution is 5.80. The average molecular weight is 308 g/mol. The molecule has 0 unspecified atom stereocenters. The molecular formula is C17H28N2O3. The Morgan fingerprint density at radius 3 is 2.50 bits per heavy atom. The fourth-order valence-electron chi connectivity index (χ4n) is 4.24. The molecule has 2 aliphatic carbocycles. The molecule has 3 aliphatic rings. The molecule has 2 saturated carbocycles. The van der Waals surface area contributed by atoms with E-state index in [1.54, 1.807) is 0 Å². The Kier molecular flexibility index (Phi) is 5.01. The van der Waals surface area contributed by atoms with Crippen LogP contribution in [0.2, 0.25) is 0 Å². The maximum Gasteiger partial charge on any atom is 0.223 e. The zero-order valence-electron chi connectivity index (χ0n) is 13.3. The molecule has 0 aromatic heterocycles. The summed E-state index contributed by atoms with van der Waals surface area (Å²) in [5, 5.41) is 12.5. The van der Waals surface area contributed by atoms with Gasteiger partial charge in [-0.15, -0.1) is 0 Å². The summed E-state index contributed by atoms with van der Waals surface area (Å²) in [4.78, 5) is 26.4. The van der Waals surface area contributed by atoms with E-state index in [2.05, 4.69) is 10.2 Å². The summed E-state index contributed by atoms with van der Waals surface area (Å²) >= 11 is 0. The van der Waals surface area contributed by atoms with Crippen LogP contribution in [0.25, 0.3) is 0 Å². The Bertz CT molecular complexity index is 412. The van der Waals surface area contributed by atoms with Crippen LogP contribution in [-0.4, -0.2) is 47.1 Å². The number of hydrogen-bond acceptors (Lipinski definition) is 3. The number of nitrogens with one attached hydrogen (secondary N) is 1. The van der Waals surface area contributed by atoms with Crippen molar-refractivity contribution < 1.29 is 14.7 Å². The zero-order chi connectivity index (χ0) is 15.5. The van der Waals surface area contributed by atoms with Crippen LogP contribution in [0.3, 0.4) is 0 Å². The molecule has 1 atom stereocenters. The fourth-order valence-corrected chi connectivity index (χ4v) is 4.24. The van der Waals surface area contributed by atoms with E-state index in [-0.39, 0.29) is 29.8 Å². The summed E-state index contributed by atoms with van der Waals surface area (Å²) in [7, 11) is 0. The van der Waals surface area contributed by atoms with Crippen molar-refractivity contribution in [3.05, 3.63) is 0 Å². The fraction of sp³-hybridized carbons (Fsp3) is 0.882. The van der Waals surface area contributed by atoms with Gasteiger partial charge in [0.1, 0.15) is 0 Å². The van der Waals surface area contributed by atoms with E-state index in [1.807, 2.05) is 0 Å². The van der Waals surface area contributed by atoms with Gasteiger partial charge in [0.15, 0.2) is 0 Å². The van der Waals surface area contributed by atoms with Gasteiger partial charge in [0.2, 0.25) is 11.8 Å². The number of carbonyl (C=O) groups excluding carboxylic acids is 2. The van der Waals surface area contributed by atoms with Gasteiger partial charge >= 0.3 is 0 Å². The molecule has 0 spiro atoms. The van der Waals surface area contributed by atoms with E-state index >= 15 is 0 Å². The number of aliphatic hydroxyl groups is 1. The first-order chi connectivity index (χ1) is 10.6. The van der Waals surface area contributed by atoms with Gasteiger partial charge < -0.3 is 15.3 Å². The van der Waals surface area contributed by atoms with Crippen LogP contribution in [-0.2, 0) is 9.59 Å². The maximum absolute atomic E-state index is 12.2. The van der Waals surface area contributed by atoms with E-state index in [9.17, 15) is 14.7 Å². The van der Waals surface area contributed by atoms with Crippen LogP contribution in [0.1, 0.15) is 57.8 Å². The highest BCUT2D eigenvalue weighted by Crippen LogP contribution is 2.29. The van der Waals surface area contributed by atoms with Crippen molar-refractivity contribution in [2.24, 2.45) is 11.8 Å². The monoisotopic (exact) mass is 308 g/mol. The molecule has 0 bridgehead atoms. The van der Waals surface area contributed by atoms with Gasteiger partial charge in [0, 0.05) is 37.4 Å². The van der Waals surface area contributed by atoms with Crippen molar-refractivity contribution in [2.75, 3.05) is 13.1 Å². The van der Waals surface area contributed by atoms with Gasteiger partial charge in [-0.2, -0.15) is 0 Å². The quantitative estimate of drug-likeness (QED) is 0.826. The molecule has 0 aromatic rings. The van der Waals surface area contributed by atoms with E-state index in [0.29, 0.717) is 19.0 Å². The number of likely N-dealkylation sites (tertiary alicyclic amines) is 1. The first-order valence-corrected chi connectivity index (χ1v) is 8.88. The standard InChI is InChI=1S/C17H28N2O3/c20-15-7-5-13(6-8-15)17(22)18-10-12-9-16(21)19(11-12)14-3-1-2-4-14/h12-15,20H,1-11H2,(H,18,22)/t12-,13?,15?/m1/s1. The first kappa shape index (κ1) is 15.8. The van der Waals surface area contributed by atoms with Crippen molar-refractivity contribution in [2.45, 2.75) is 69.9 Å². The summed E-state index contributed by atoms with van der Waals surface area (Å²) in [6.45, 7) is 1.43. The van der Waals surface area contributed by atoms with Gasteiger partial charge in [-0.3, -0.25) is 9.59 Å². The Labute approximate surface area is 132 Å². The van der Waals surface area contributed by atoms with E-state index in [1.165, 1.54) is 12.8 Å². The Balaban J connectivity index is 1.42. The molecule has 124 valence electrons. The molecular weight excluding hydrogens is 280 g/mol. The maximum atomic E-state index is 12.2. The van der Waals surface area contributed by atoms with Crippen LogP contribution >= 0.6 is 0 Å². The number of rotatable bonds is 4. The zero-order valence-corrected chi connectivity index (χ0v) is 13.3. The predicted molar refractivity (Wildman–Crippen MR) is 83.1 cm³/mol. The molecule has 0 aromatic carbocycles. The Hall–Kier alpha value is -1.10. The smallest absolute Gasteiger partial charge is 0.223 e. The third kappa shape index (κ3) is 3.62. The van der Waals surface area contributed by atoms with Crippen LogP contribution in [0.5, 0.6) is 0 Å². The van der Waals surface area contributed by atoms with Crippen molar-refractivity contribution in [1.82, 2.24) is 10.2 Å². The summed E-state index contributed by atoms with van der Waals surface area (Å²) in [5.74, 6) is 0.697. The third-order valence-corrected chi connectivity index (χ3v) is 5.64. The normalized spacial score (nSPS) is 33.4.